The van der Waals surface area contributed by atoms with Gasteiger partial charge in [-0.3, -0.25) is 0 Å². The Morgan fingerprint density at radius 2 is 2.19 bits per heavy atom. The Bertz CT molecular complexity index is 471. The maximum Gasteiger partial charge on any atom is 0.235 e. The molecule has 1 saturated carbocycles. The van der Waals surface area contributed by atoms with E-state index in [2.05, 4.69) is 17.1 Å². The Morgan fingerprint density at radius 1 is 1.31 bits per heavy atom. The van der Waals surface area contributed by atoms with E-state index in [1.165, 1.54) is 16.7 Å². The molecule has 1 aliphatic heterocycles. The summed E-state index contributed by atoms with van der Waals surface area (Å²) in [5, 5.41) is 0. The van der Waals surface area contributed by atoms with E-state index in [1.54, 1.807) is 6.08 Å². The van der Waals surface area contributed by atoms with Crippen molar-refractivity contribution in [3.63, 3.8) is 0 Å². The largest absolute Gasteiger partial charge is 0.372 e. The standard InChI is InChI=1S/C13H13NO2/c15-9-14-13(5-2-6-13)12-4-1-3-10-7-16-8-11(10)12/h1,3-4H,2,5-8H2. The summed E-state index contributed by atoms with van der Waals surface area (Å²) in [5.74, 6) is 0. The molecule has 3 heteroatoms. The highest BCUT2D eigenvalue weighted by Crippen LogP contribution is 2.47. The summed E-state index contributed by atoms with van der Waals surface area (Å²) >= 11 is 0. The Morgan fingerprint density at radius 3 is 2.88 bits per heavy atom. The van der Waals surface area contributed by atoms with Crippen LogP contribution >= 0.6 is 0 Å². The van der Waals surface area contributed by atoms with E-state index in [0.29, 0.717) is 13.2 Å². The monoisotopic (exact) mass is 215 g/mol. The van der Waals surface area contributed by atoms with Gasteiger partial charge < -0.3 is 4.74 Å². The van der Waals surface area contributed by atoms with E-state index in [4.69, 9.17) is 4.74 Å². The molecule has 0 amide bonds. The zero-order chi connectivity index (χ0) is 11.0. The Hall–Kier alpha value is -1.44. The van der Waals surface area contributed by atoms with Gasteiger partial charge in [-0.25, -0.2) is 4.79 Å². The van der Waals surface area contributed by atoms with Gasteiger partial charge in [0.15, 0.2) is 0 Å². The minimum absolute atomic E-state index is 0.291. The lowest BCUT2D eigenvalue weighted by Gasteiger charge is -2.38. The number of fused-ring (bicyclic) bond motifs is 1. The average Bonchev–Trinajstić information content (AvgIpc) is 2.71. The second-order valence-electron chi connectivity index (χ2n) is 4.52. The number of benzene rings is 1. The van der Waals surface area contributed by atoms with Crippen LogP contribution in [0.25, 0.3) is 0 Å². The lowest BCUT2D eigenvalue weighted by atomic mass is 9.70. The van der Waals surface area contributed by atoms with E-state index in [1.807, 2.05) is 6.07 Å². The fourth-order valence-electron chi connectivity index (χ4n) is 2.68. The molecule has 0 unspecified atom stereocenters. The van der Waals surface area contributed by atoms with Gasteiger partial charge in [-0.15, -0.1) is 0 Å². The van der Waals surface area contributed by atoms with Crippen LogP contribution in [0.1, 0.15) is 36.0 Å². The van der Waals surface area contributed by atoms with Crippen molar-refractivity contribution in [3.8, 4) is 0 Å². The number of rotatable bonds is 2. The van der Waals surface area contributed by atoms with Crippen LogP contribution in [0.2, 0.25) is 0 Å². The van der Waals surface area contributed by atoms with Gasteiger partial charge in [-0.1, -0.05) is 18.2 Å². The lowest BCUT2D eigenvalue weighted by molar-refractivity contribution is 0.132. The molecule has 0 aromatic heterocycles. The molecule has 0 spiro atoms. The number of hydrogen-bond acceptors (Lipinski definition) is 3. The summed E-state index contributed by atoms with van der Waals surface area (Å²) in [6.07, 6.45) is 4.78. The number of isocyanates is 1. The van der Waals surface area contributed by atoms with Crippen LogP contribution in [0, 0.1) is 0 Å². The Balaban J connectivity index is 2.12. The van der Waals surface area contributed by atoms with Crippen LogP contribution < -0.4 is 0 Å². The topological polar surface area (TPSA) is 38.7 Å². The van der Waals surface area contributed by atoms with E-state index in [-0.39, 0.29) is 5.54 Å². The van der Waals surface area contributed by atoms with E-state index in [0.717, 1.165) is 19.3 Å². The molecule has 1 aromatic carbocycles. The first-order valence-corrected chi connectivity index (χ1v) is 5.64. The van der Waals surface area contributed by atoms with Crippen molar-refractivity contribution in [2.45, 2.75) is 38.0 Å². The highest BCUT2D eigenvalue weighted by molar-refractivity contribution is 5.45. The van der Waals surface area contributed by atoms with Gasteiger partial charge in [0.2, 0.25) is 6.08 Å². The SMILES string of the molecule is O=C=NC1(c2cccc3c2COC3)CCC1. The second kappa shape index (κ2) is 3.55. The van der Waals surface area contributed by atoms with Crippen LogP contribution in [0.15, 0.2) is 23.2 Å². The molecule has 3 rings (SSSR count). The van der Waals surface area contributed by atoms with Crippen molar-refractivity contribution in [2.24, 2.45) is 4.99 Å². The van der Waals surface area contributed by atoms with Crippen LogP contribution in [0.5, 0.6) is 0 Å². The first kappa shape index (κ1) is 9.76. The molecule has 0 N–H and O–H groups in total. The minimum Gasteiger partial charge on any atom is -0.372 e. The van der Waals surface area contributed by atoms with Crippen LogP contribution in [-0.2, 0) is 28.3 Å². The van der Waals surface area contributed by atoms with E-state index in [9.17, 15) is 4.79 Å². The van der Waals surface area contributed by atoms with Crippen molar-refractivity contribution in [3.05, 3.63) is 34.9 Å². The van der Waals surface area contributed by atoms with Gasteiger partial charge in [0, 0.05) is 0 Å². The molecule has 16 heavy (non-hydrogen) atoms. The fraction of sp³-hybridized carbons (Fsp3) is 0.462. The van der Waals surface area contributed by atoms with Gasteiger partial charge >= 0.3 is 0 Å². The molecular weight excluding hydrogens is 202 g/mol. The second-order valence-corrected chi connectivity index (χ2v) is 4.52. The highest BCUT2D eigenvalue weighted by atomic mass is 16.5. The normalized spacial score (nSPS) is 20.8. The first-order chi connectivity index (χ1) is 7.86. The van der Waals surface area contributed by atoms with Crippen molar-refractivity contribution in [1.29, 1.82) is 0 Å². The summed E-state index contributed by atoms with van der Waals surface area (Å²) in [6.45, 7) is 1.34. The summed E-state index contributed by atoms with van der Waals surface area (Å²) in [5.41, 5.74) is 3.36. The van der Waals surface area contributed by atoms with Gasteiger partial charge in [0.05, 0.1) is 18.8 Å². The maximum absolute atomic E-state index is 10.6. The maximum atomic E-state index is 10.6. The lowest BCUT2D eigenvalue weighted by Crippen LogP contribution is -2.33. The average molecular weight is 215 g/mol. The molecule has 2 aliphatic rings. The Kier molecular flexibility index (Phi) is 2.16. The van der Waals surface area contributed by atoms with E-state index >= 15 is 0 Å². The third-order valence-electron chi connectivity index (χ3n) is 3.72. The molecule has 3 nitrogen and oxygen atoms in total. The molecule has 0 bridgehead atoms. The Labute approximate surface area is 94.1 Å². The predicted molar refractivity (Wildman–Crippen MR) is 58.6 cm³/mol. The van der Waals surface area contributed by atoms with E-state index < -0.39 is 0 Å². The van der Waals surface area contributed by atoms with Crippen molar-refractivity contribution in [2.75, 3.05) is 0 Å². The molecule has 1 aromatic rings. The van der Waals surface area contributed by atoms with Crippen LogP contribution in [0.4, 0.5) is 0 Å². The fourth-order valence-corrected chi connectivity index (χ4v) is 2.68. The minimum atomic E-state index is -0.291. The molecule has 0 atom stereocenters. The number of hydrogen-bond donors (Lipinski definition) is 0. The third-order valence-corrected chi connectivity index (χ3v) is 3.72. The summed E-state index contributed by atoms with van der Waals surface area (Å²) in [7, 11) is 0. The molecule has 0 saturated heterocycles. The van der Waals surface area contributed by atoms with Crippen molar-refractivity contribution < 1.29 is 9.53 Å². The molecular formula is C13H13NO2. The molecule has 1 heterocycles. The van der Waals surface area contributed by atoms with Gasteiger partial charge in [-0.2, -0.15) is 4.99 Å². The molecule has 1 fully saturated rings. The quantitative estimate of drug-likeness (QED) is 0.561. The van der Waals surface area contributed by atoms with Gasteiger partial charge in [0.25, 0.3) is 0 Å². The zero-order valence-corrected chi connectivity index (χ0v) is 9.03. The summed E-state index contributed by atoms with van der Waals surface area (Å²) in [6, 6.07) is 6.19. The number of nitrogens with zero attached hydrogens (tertiary/aromatic N) is 1. The van der Waals surface area contributed by atoms with Crippen LogP contribution in [-0.4, -0.2) is 6.08 Å². The smallest absolute Gasteiger partial charge is 0.235 e. The first-order valence-electron chi connectivity index (χ1n) is 5.64. The molecule has 0 radical (unpaired) electrons. The van der Waals surface area contributed by atoms with Crippen molar-refractivity contribution >= 4 is 6.08 Å². The van der Waals surface area contributed by atoms with Crippen molar-refractivity contribution in [1.82, 2.24) is 0 Å². The highest BCUT2D eigenvalue weighted by Gasteiger charge is 2.41. The summed E-state index contributed by atoms with van der Waals surface area (Å²) in [4.78, 5) is 14.6. The number of carbonyl (C=O) groups excluding carboxylic acids is 1. The van der Waals surface area contributed by atoms with Gasteiger partial charge in [-0.05, 0) is 36.0 Å². The molecule has 1 aliphatic carbocycles. The summed E-state index contributed by atoms with van der Waals surface area (Å²) < 4.78 is 5.46. The molecule has 82 valence electrons. The zero-order valence-electron chi connectivity index (χ0n) is 9.03. The van der Waals surface area contributed by atoms with Gasteiger partial charge in [0.1, 0.15) is 0 Å². The third kappa shape index (κ3) is 1.26. The predicted octanol–water partition coefficient (Wildman–Crippen LogP) is 2.43. The van der Waals surface area contributed by atoms with Crippen LogP contribution in [0.3, 0.4) is 0 Å². The number of ether oxygens (including phenoxy) is 1. The number of aliphatic imine (C=N–C) groups is 1.